The third-order valence-electron chi connectivity index (χ3n) is 4.36. The second-order valence-corrected chi connectivity index (χ2v) is 6.56. The Labute approximate surface area is 125 Å². The van der Waals surface area contributed by atoms with Gasteiger partial charge in [-0.1, -0.05) is 0 Å². The first-order valence-electron chi connectivity index (χ1n) is 6.65. The number of halogens is 1. The van der Waals surface area contributed by atoms with Gasteiger partial charge in [0.1, 0.15) is 5.78 Å². The van der Waals surface area contributed by atoms with E-state index in [0.717, 1.165) is 44.5 Å². The van der Waals surface area contributed by atoms with Crippen molar-refractivity contribution in [2.24, 2.45) is 5.41 Å². The van der Waals surface area contributed by atoms with E-state index in [4.69, 9.17) is 5.11 Å². The topological polar surface area (TPSA) is 70.5 Å². The maximum Gasteiger partial charge on any atom is 0.355 e. The molecule has 2 fully saturated rings. The molecule has 0 aromatic carbocycles. The molecule has 1 aliphatic carbocycles. The van der Waals surface area contributed by atoms with Crippen LogP contribution in [0.3, 0.4) is 0 Å². The van der Waals surface area contributed by atoms with Crippen LogP contribution in [0.4, 0.5) is 5.69 Å². The number of carbonyl (C=O) groups is 2. The number of hydrogen-bond donors (Lipinski definition) is 1. The molecule has 20 heavy (non-hydrogen) atoms. The lowest BCUT2D eigenvalue weighted by molar-refractivity contribution is -0.133. The standard InChI is InChI=1S/C14H15BrN2O3/c15-11-5-9(8-16-12(11)13(19)20)17-3-1-14(2-4-17)6-10(18)7-14/h5,8H,1-4,6-7H2,(H,19,20). The van der Waals surface area contributed by atoms with Crippen molar-refractivity contribution in [3.05, 3.63) is 22.4 Å². The number of pyridine rings is 1. The number of carboxylic acid groups (broad SMARTS) is 1. The first-order valence-corrected chi connectivity index (χ1v) is 7.44. The van der Waals surface area contributed by atoms with Gasteiger partial charge >= 0.3 is 5.97 Å². The summed E-state index contributed by atoms with van der Waals surface area (Å²) in [6.07, 6.45) is 5.13. The summed E-state index contributed by atoms with van der Waals surface area (Å²) in [6.45, 7) is 1.79. The smallest absolute Gasteiger partial charge is 0.355 e. The quantitative estimate of drug-likeness (QED) is 0.896. The summed E-state index contributed by atoms with van der Waals surface area (Å²) in [6, 6.07) is 1.81. The van der Waals surface area contributed by atoms with Gasteiger partial charge in [-0.05, 0) is 40.3 Å². The molecule has 0 atom stereocenters. The Bertz CT molecular complexity index is 570. The summed E-state index contributed by atoms with van der Waals surface area (Å²) in [5.41, 5.74) is 1.22. The van der Waals surface area contributed by atoms with E-state index in [9.17, 15) is 9.59 Å². The molecular formula is C14H15BrN2O3. The molecule has 1 aromatic heterocycles. The Morgan fingerprint density at radius 1 is 1.35 bits per heavy atom. The van der Waals surface area contributed by atoms with Crippen molar-refractivity contribution in [3.8, 4) is 0 Å². The zero-order chi connectivity index (χ0) is 14.3. The normalized spacial score (nSPS) is 20.9. The minimum Gasteiger partial charge on any atom is -0.476 e. The second kappa shape index (κ2) is 4.84. The molecule has 106 valence electrons. The van der Waals surface area contributed by atoms with Crippen LogP contribution in [-0.4, -0.2) is 34.9 Å². The summed E-state index contributed by atoms with van der Waals surface area (Å²) in [4.78, 5) is 28.3. The van der Waals surface area contributed by atoms with Gasteiger partial charge in [0, 0.05) is 25.9 Å². The monoisotopic (exact) mass is 338 g/mol. The van der Waals surface area contributed by atoms with Crippen LogP contribution in [-0.2, 0) is 4.79 Å². The largest absolute Gasteiger partial charge is 0.476 e. The lowest BCUT2D eigenvalue weighted by Crippen LogP contribution is -2.47. The Morgan fingerprint density at radius 3 is 2.50 bits per heavy atom. The molecule has 0 radical (unpaired) electrons. The van der Waals surface area contributed by atoms with Crippen LogP contribution in [0.25, 0.3) is 0 Å². The molecule has 0 amide bonds. The van der Waals surface area contributed by atoms with Crippen LogP contribution in [0, 0.1) is 5.41 Å². The lowest BCUT2D eigenvalue weighted by atomic mass is 9.62. The zero-order valence-electron chi connectivity index (χ0n) is 10.9. The van der Waals surface area contributed by atoms with Gasteiger partial charge in [-0.2, -0.15) is 0 Å². The number of aromatic carboxylic acids is 1. The number of aromatic nitrogens is 1. The minimum absolute atomic E-state index is 0.0341. The number of anilines is 1. The second-order valence-electron chi connectivity index (χ2n) is 5.71. The van der Waals surface area contributed by atoms with Crippen LogP contribution < -0.4 is 4.90 Å². The zero-order valence-corrected chi connectivity index (χ0v) is 12.5. The highest BCUT2D eigenvalue weighted by Crippen LogP contribution is 2.47. The average Bonchev–Trinajstić information content (AvgIpc) is 2.37. The van der Waals surface area contributed by atoms with Gasteiger partial charge in [-0.3, -0.25) is 4.79 Å². The molecular weight excluding hydrogens is 324 g/mol. The number of rotatable bonds is 2. The first-order chi connectivity index (χ1) is 9.49. The van der Waals surface area contributed by atoms with E-state index in [2.05, 4.69) is 25.8 Å². The Balaban J connectivity index is 1.70. The summed E-state index contributed by atoms with van der Waals surface area (Å²) in [5.74, 6) is -0.650. The molecule has 1 spiro atoms. The molecule has 0 unspecified atom stereocenters. The predicted molar refractivity (Wildman–Crippen MR) is 77.0 cm³/mol. The highest BCUT2D eigenvalue weighted by molar-refractivity contribution is 9.10. The van der Waals surface area contributed by atoms with E-state index in [1.807, 2.05) is 0 Å². The van der Waals surface area contributed by atoms with Gasteiger partial charge in [0.25, 0.3) is 0 Å². The maximum atomic E-state index is 11.2. The Hall–Kier alpha value is -1.43. The summed E-state index contributed by atoms with van der Waals surface area (Å²) in [5, 5.41) is 8.96. The number of carbonyl (C=O) groups excluding carboxylic acids is 1. The van der Waals surface area contributed by atoms with Gasteiger partial charge in [0.15, 0.2) is 5.69 Å². The van der Waals surface area contributed by atoms with E-state index in [1.165, 1.54) is 0 Å². The fourth-order valence-electron chi connectivity index (χ4n) is 3.14. The van der Waals surface area contributed by atoms with E-state index < -0.39 is 5.97 Å². The number of piperidine rings is 1. The molecule has 3 rings (SSSR count). The van der Waals surface area contributed by atoms with E-state index in [-0.39, 0.29) is 11.1 Å². The van der Waals surface area contributed by atoms with Crippen LogP contribution in [0.15, 0.2) is 16.7 Å². The van der Waals surface area contributed by atoms with Crippen LogP contribution >= 0.6 is 15.9 Å². The number of hydrogen-bond acceptors (Lipinski definition) is 4. The van der Waals surface area contributed by atoms with Crippen LogP contribution in [0.2, 0.25) is 0 Å². The Kier molecular flexibility index (Phi) is 3.28. The van der Waals surface area contributed by atoms with Crippen molar-refractivity contribution in [2.45, 2.75) is 25.7 Å². The van der Waals surface area contributed by atoms with Crippen LogP contribution in [0.1, 0.15) is 36.2 Å². The average molecular weight is 339 g/mol. The van der Waals surface area contributed by atoms with Crippen molar-refractivity contribution < 1.29 is 14.7 Å². The number of carboxylic acids is 1. The van der Waals surface area contributed by atoms with Gasteiger partial charge in [-0.15, -0.1) is 0 Å². The predicted octanol–water partition coefficient (Wildman–Crippen LogP) is 2.49. The summed E-state index contributed by atoms with van der Waals surface area (Å²) in [7, 11) is 0. The molecule has 2 aliphatic rings. The van der Waals surface area contributed by atoms with Gasteiger partial charge in [-0.25, -0.2) is 9.78 Å². The minimum atomic E-state index is -1.03. The number of nitrogens with zero attached hydrogens (tertiary/aromatic N) is 2. The van der Waals surface area contributed by atoms with Crippen molar-refractivity contribution in [3.63, 3.8) is 0 Å². The number of ketones is 1. The third kappa shape index (κ3) is 2.32. The molecule has 2 heterocycles. The highest BCUT2D eigenvalue weighted by Gasteiger charge is 2.45. The molecule has 5 nitrogen and oxygen atoms in total. The maximum absolute atomic E-state index is 11.2. The molecule has 6 heteroatoms. The van der Waals surface area contributed by atoms with Crippen LogP contribution in [0.5, 0.6) is 0 Å². The first kappa shape index (κ1) is 13.5. The van der Waals surface area contributed by atoms with Crippen molar-refractivity contribution in [2.75, 3.05) is 18.0 Å². The summed E-state index contributed by atoms with van der Waals surface area (Å²) < 4.78 is 0.501. The molecule has 1 saturated carbocycles. The molecule has 1 N–H and O–H groups in total. The van der Waals surface area contributed by atoms with E-state index >= 15 is 0 Å². The fourth-order valence-corrected chi connectivity index (χ4v) is 3.64. The van der Waals surface area contributed by atoms with Crippen molar-refractivity contribution in [1.82, 2.24) is 4.98 Å². The summed E-state index contributed by atoms with van der Waals surface area (Å²) >= 11 is 3.25. The SMILES string of the molecule is O=C1CC2(CCN(c3cnc(C(=O)O)c(Br)c3)CC2)C1. The molecule has 1 saturated heterocycles. The van der Waals surface area contributed by atoms with Gasteiger partial charge in [0.2, 0.25) is 0 Å². The third-order valence-corrected chi connectivity index (χ3v) is 4.97. The fraction of sp³-hybridized carbons (Fsp3) is 0.500. The highest BCUT2D eigenvalue weighted by atomic mass is 79.9. The van der Waals surface area contributed by atoms with Crippen molar-refractivity contribution >= 4 is 33.4 Å². The van der Waals surface area contributed by atoms with Gasteiger partial charge in [0.05, 0.1) is 16.4 Å². The van der Waals surface area contributed by atoms with Crippen molar-refractivity contribution in [1.29, 1.82) is 0 Å². The molecule has 1 aliphatic heterocycles. The van der Waals surface area contributed by atoms with Gasteiger partial charge < -0.3 is 10.0 Å². The van der Waals surface area contributed by atoms with E-state index in [1.54, 1.807) is 12.3 Å². The molecule has 0 bridgehead atoms. The van der Waals surface area contributed by atoms with E-state index in [0.29, 0.717) is 10.3 Å². The lowest BCUT2D eigenvalue weighted by Gasteiger charge is -2.47. The number of Topliss-reactive ketones (excluding diaryl/α,β-unsaturated/α-hetero) is 1. The molecule has 1 aromatic rings. The Morgan fingerprint density at radius 2 is 2.00 bits per heavy atom.